The SMILES string of the molecule is [C-]#[N+]c1ccc(C(F)(F)F)cc1NC(=O)[C@@H]1[C@@H](c2cn(C)nc2C)[C@H]2O[C@@H]1C[C@@H]2O.[C-]#[N+]c1ccc(C(F)(F)F)cc1NC(=O)[C@H]1[C@H](c2cn(C)nc2C)[C@@H]2O[C@H]1C[C@H]2O. The van der Waals surface area contributed by atoms with Crippen LogP contribution in [-0.2, 0) is 45.5 Å². The summed E-state index contributed by atoms with van der Waals surface area (Å²) >= 11 is 0. The van der Waals surface area contributed by atoms with Gasteiger partial charge in [-0.2, -0.15) is 36.5 Å². The molecule has 4 N–H and O–H groups in total. The summed E-state index contributed by atoms with van der Waals surface area (Å²) in [7, 11) is 3.47. The number of amides is 2. The second-order valence-corrected chi connectivity index (χ2v) is 15.3. The second kappa shape index (κ2) is 15.7. The van der Waals surface area contributed by atoms with Gasteiger partial charge in [-0.25, -0.2) is 9.69 Å². The summed E-state index contributed by atoms with van der Waals surface area (Å²) in [5.74, 6) is -3.54. The van der Waals surface area contributed by atoms with Crippen molar-refractivity contribution in [1.82, 2.24) is 19.6 Å². The molecule has 8 rings (SSSR count). The molecule has 0 radical (unpaired) electrons. The number of benzene rings is 2. The maximum Gasteiger partial charge on any atom is 0.416 e. The summed E-state index contributed by atoms with van der Waals surface area (Å²) in [6, 6.07) is 5.21. The first-order chi connectivity index (χ1) is 28.2. The first-order valence-electron chi connectivity index (χ1n) is 18.7. The molecule has 316 valence electrons. The molecule has 0 saturated carbocycles. The molecule has 0 aliphatic carbocycles. The topological polar surface area (TPSA) is 161 Å². The van der Waals surface area contributed by atoms with Crippen molar-refractivity contribution in [2.24, 2.45) is 25.9 Å². The summed E-state index contributed by atoms with van der Waals surface area (Å²) in [5.41, 5.74) is 0.383. The van der Waals surface area contributed by atoms with Gasteiger partial charge in [0.25, 0.3) is 0 Å². The Balaban J connectivity index is 0.000000181. The smallest absolute Gasteiger partial charge is 0.390 e. The van der Waals surface area contributed by atoms with Crippen molar-refractivity contribution < 1.29 is 55.6 Å². The number of rotatable bonds is 6. The highest BCUT2D eigenvalue weighted by Gasteiger charge is 2.59. The van der Waals surface area contributed by atoms with Crippen LogP contribution in [0.4, 0.5) is 49.1 Å². The van der Waals surface area contributed by atoms with Gasteiger partial charge < -0.3 is 30.3 Å². The van der Waals surface area contributed by atoms with Gasteiger partial charge in [0, 0.05) is 62.5 Å². The number of hydrogen-bond donors (Lipinski definition) is 4. The predicted molar refractivity (Wildman–Crippen MR) is 200 cm³/mol. The molecule has 4 aromatic rings. The standard InChI is InChI=1S/2C20H19F3N4O3/c2*1-9-11(8-27(3)26-9)16-17(15-7-14(28)18(16)30-15)19(29)25-13-6-10(20(21,22)23)4-5-12(13)24-2/h2*4-6,8,14-18,28H,7H2,1,3H3,(H,25,29)/t2*14-,15+,16+,17-,18-/m10/s1. The fraction of sp³-hybridized carbons (Fsp3) is 0.450. The molecule has 4 aliphatic rings. The van der Waals surface area contributed by atoms with Gasteiger partial charge in [0.1, 0.15) is 0 Å². The molecule has 4 saturated heterocycles. The van der Waals surface area contributed by atoms with Gasteiger partial charge in [-0.15, -0.1) is 0 Å². The minimum atomic E-state index is -4.60. The van der Waals surface area contributed by atoms with Crippen LogP contribution in [0.15, 0.2) is 48.8 Å². The lowest BCUT2D eigenvalue weighted by atomic mass is 9.74. The molecule has 10 atom stereocenters. The third-order valence-electron chi connectivity index (χ3n) is 11.5. The maximum atomic E-state index is 13.2. The molecule has 14 nitrogen and oxygen atoms in total. The monoisotopic (exact) mass is 840 g/mol. The summed E-state index contributed by atoms with van der Waals surface area (Å²) in [4.78, 5) is 32.7. The van der Waals surface area contributed by atoms with E-state index >= 15 is 0 Å². The summed E-state index contributed by atoms with van der Waals surface area (Å²) in [6.07, 6.45) is -9.00. The minimum absolute atomic E-state index is 0.0884. The van der Waals surface area contributed by atoms with Crippen molar-refractivity contribution in [3.05, 3.63) is 105 Å². The number of fused-ring (bicyclic) bond motifs is 4. The van der Waals surface area contributed by atoms with Crippen molar-refractivity contribution >= 4 is 34.6 Å². The van der Waals surface area contributed by atoms with Crippen LogP contribution < -0.4 is 10.6 Å². The van der Waals surface area contributed by atoms with E-state index in [4.69, 9.17) is 22.6 Å². The third kappa shape index (κ3) is 7.83. The molecule has 4 aliphatic heterocycles. The summed E-state index contributed by atoms with van der Waals surface area (Å²) in [5, 5.41) is 34.2. The van der Waals surface area contributed by atoms with Gasteiger partial charge in [0.05, 0.1) is 84.1 Å². The third-order valence-corrected chi connectivity index (χ3v) is 11.5. The molecule has 4 bridgehead atoms. The Labute approximate surface area is 338 Å². The average Bonchev–Trinajstić information content (AvgIpc) is 4.02. The van der Waals surface area contributed by atoms with Gasteiger partial charge >= 0.3 is 12.4 Å². The van der Waals surface area contributed by atoms with E-state index in [0.717, 1.165) is 47.5 Å². The lowest BCUT2D eigenvalue weighted by Gasteiger charge is -2.29. The highest BCUT2D eigenvalue weighted by Crippen LogP contribution is 2.52. The van der Waals surface area contributed by atoms with Crippen molar-refractivity contribution in [1.29, 1.82) is 0 Å². The highest BCUT2D eigenvalue weighted by molar-refractivity contribution is 5.98. The van der Waals surface area contributed by atoms with Gasteiger partial charge in [0.15, 0.2) is 0 Å². The molecule has 6 heterocycles. The number of alkyl halides is 6. The molecule has 0 unspecified atom stereocenters. The Kier molecular flexibility index (Phi) is 11.1. The Hall–Kier alpha value is -5.80. The molecule has 2 aromatic heterocycles. The number of halogens is 6. The van der Waals surface area contributed by atoms with E-state index in [1.54, 1.807) is 49.7 Å². The fourth-order valence-corrected chi connectivity index (χ4v) is 8.97. The predicted octanol–water partition coefficient (Wildman–Crippen LogP) is 6.34. The van der Waals surface area contributed by atoms with E-state index in [2.05, 4.69) is 30.5 Å². The molecular formula is C40H38F6N8O6. The molecule has 4 fully saturated rings. The maximum absolute atomic E-state index is 13.2. The van der Waals surface area contributed by atoms with Gasteiger partial charge in [-0.05, 0) is 37.1 Å². The van der Waals surface area contributed by atoms with Gasteiger partial charge in [-0.1, -0.05) is 24.3 Å². The largest absolute Gasteiger partial charge is 0.416 e. The normalized spacial score (nSPS) is 27.8. The zero-order chi connectivity index (χ0) is 43.6. The van der Waals surface area contributed by atoms with Crippen molar-refractivity contribution in [2.45, 2.75) is 87.5 Å². The molecule has 2 amide bonds. The van der Waals surface area contributed by atoms with E-state index in [1.165, 1.54) is 0 Å². The summed E-state index contributed by atoms with van der Waals surface area (Å²) < 4.78 is 93.4. The molecule has 2 aromatic carbocycles. The van der Waals surface area contributed by atoms with Crippen LogP contribution in [0.25, 0.3) is 9.69 Å². The lowest BCUT2D eigenvalue weighted by molar-refractivity contribution is -0.138. The number of carbonyl (C=O) groups excluding carboxylic acids is 2. The second-order valence-electron chi connectivity index (χ2n) is 15.3. The Morgan fingerprint density at radius 1 is 0.717 bits per heavy atom. The van der Waals surface area contributed by atoms with Crippen molar-refractivity contribution in [2.75, 3.05) is 10.6 Å². The molecule has 0 spiro atoms. The number of ether oxygens (including phenoxy) is 2. The quantitative estimate of drug-likeness (QED) is 0.129. The first-order valence-corrected chi connectivity index (χ1v) is 18.7. The number of nitrogens with one attached hydrogen (secondary N) is 2. The zero-order valence-electron chi connectivity index (χ0n) is 32.3. The van der Waals surface area contributed by atoms with Crippen LogP contribution in [0.5, 0.6) is 0 Å². The summed E-state index contributed by atoms with van der Waals surface area (Å²) in [6.45, 7) is 18.0. The van der Waals surface area contributed by atoms with E-state index in [1.807, 2.05) is 0 Å². The number of aryl methyl sites for hydroxylation is 4. The Morgan fingerprint density at radius 2 is 1.08 bits per heavy atom. The van der Waals surface area contributed by atoms with E-state index < -0.39 is 95.6 Å². The van der Waals surface area contributed by atoms with E-state index in [0.29, 0.717) is 11.4 Å². The first kappa shape index (κ1) is 42.3. The van der Waals surface area contributed by atoms with Crippen LogP contribution in [-0.4, -0.2) is 78.2 Å². The number of hydrogen-bond acceptors (Lipinski definition) is 8. The number of nitrogens with zero attached hydrogens (tertiary/aromatic N) is 6. The zero-order valence-corrected chi connectivity index (χ0v) is 32.3. The van der Waals surface area contributed by atoms with Crippen LogP contribution in [0.1, 0.15) is 58.3 Å². The Morgan fingerprint density at radius 3 is 1.38 bits per heavy atom. The van der Waals surface area contributed by atoms with Crippen molar-refractivity contribution in [3.63, 3.8) is 0 Å². The number of aliphatic hydroxyl groups is 2. The van der Waals surface area contributed by atoms with Crippen LogP contribution in [0, 0.1) is 38.8 Å². The molecular weight excluding hydrogens is 802 g/mol. The number of anilines is 2. The van der Waals surface area contributed by atoms with E-state index in [9.17, 15) is 46.1 Å². The van der Waals surface area contributed by atoms with E-state index in [-0.39, 0.29) is 35.6 Å². The fourth-order valence-electron chi connectivity index (χ4n) is 8.97. The number of carbonyl (C=O) groups is 2. The van der Waals surface area contributed by atoms with Crippen molar-refractivity contribution in [3.8, 4) is 0 Å². The number of aromatic nitrogens is 4. The van der Waals surface area contributed by atoms with Crippen LogP contribution >= 0.6 is 0 Å². The highest BCUT2D eigenvalue weighted by atomic mass is 19.4. The average molecular weight is 841 g/mol. The molecule has 20 heteroatoms. The van der Waals surface area contributed by atoms with Crippen LogP contribution in [0.2, 0.25) is 0 Å². The lowest BCUT2D eigenvalue weighted by Crippen LogP contribution is -2.41. The molecule has 60 heavy (non-hydrogen) atoms. The Bertz CT molecular complexity index is 2250. The number of aliphatic hydroxyl groups excluding tert-OH is 2. The van der Waals surface area contributed by atoms with Gasteiger partial charge in [0.2, 0.25) is 23.2 Å². The van der Waals surface area contributed by atoms with Gasteiger partial charge in [-0.3, -0.25) is 19.0 Å². The van der Waals surface area contributed by atoms with Crippen LogP contribution in [0.3, 0.4) is 0 Å². The minimum Gasteiger partial charge on any atom is -0.390 e.